The highest BCUT2D eigenvalue weighted by atomic mass is 16.6. The van der Waals surface area contributed by atoms with E-state index in [2.05, 4.69) is 5.32 Å². The molecule has 0 unspecified atom stereocenters. The van der Waals surface area contributed by atoms with Gasteiger partial charge in [-0.05, 0) is 24.5 Å². The monoisotopic (exact) mass is 296 g/mol. The fraction of sp³-hybridized carbons (Fsp3) is 0.385. The molecule has 0 bridgehead atoms. The number of amides is 1. The van der Waals surface area contributed by atoms with Crippen LogP contribution in [-0.4, -0.2) is 28.1 Å². The molecule has 1 amide bonds. The second-order valence-electron chi connectivity index (χ2n) is 4.81. The molecule has 21 heavy (non-hydrogen) atoms. The Kier molecular flexibility index (Phi) is 5.65. The lowest BCUT2D eigenvalue weighted by atomic mass is 10.0. The number of nitrogens with zero attached hydrogens (tertiary/aromatic N) is 1. The Morgan fingerprint density at radius 2 is 1.90 bits per heavy atom. The van der Waals surface area contributed by atoms with Crippen LogP contribution in [-0.2, 0) is 4.79 Å². The molecule has 1 rings (SSSR count). The molecule has 8 heteroatoms. The van der Waals surface area contributed by atoms with Crippen LogP contribution in [0.3, 0.4) is 0 Å². The van der Waals surface area contributed by atoms with E-state index < -0.39 is 23.0 Å². The van der Waals surface area contributed by atoms with E-state index in [9.17, 15) is 19.7 Å². The van der Waals surface area contributed by atoms with Crippen LogP contribution in [0.1, 0.15) is 20.3 Å². The number of rotatable bonds is 6. The highest BCUT2D eigenvalue weighted by Crippen LogP contribution is 2.17. The van der Waals surface area contributed by atoms with Crippen LogP contribution in [0.15, 0.2) is 24.3 Å². The maximum atomic E-state index is 11.6. The Morgan fingerprint density at radius 1 is 1.33 bits per heavy atom. The van der Waals surface area contributed by atoms with Crippen LogP contribution in [0.25, 0.3) is 0 Å². The molecule has 0 aliphatic heterocycles. The zero-order valence-electron chi connectivity index (χ0n) is 11.6. The third-order valence-corrected chi connectivity index (χ3v) is 2.56. The van der Waals surface area contributed by atoms with Crippen LogP contribution >= 0.6 is 0 Å². The summed E-state index contributed by atoms with van der Waals surface area (Å²) in [6, 6.07) is 3.85. The predicted molar refractivity (Wildman–Crippen MR) is 73.1 cm³/mol. The lowest BCUT2D eigenvalue weighted by molar-refractivity contribution is -0.384. The second-order valence-corrected chi connectivity index (χ2v) is 4.81. The maximum absolute atomic E-state index is 11.6. The van der Waals surface area contributed by atoms with E-state index in [1.54, 1.807) is 0 Å². The van der Waals surface area contributed by atoms with Gasteiger partial charge in [0.2, 0.25) is 0 Å². The molecular formula is C13H16N2O6. The van der Waals surface area contributed by atoms with E-state index in [-0.39, 0.29) is 23.8 Å². The maximum Gasteiger partial charge on any atom is 0.413 e. The Morgan fingerprint density at radius 3 is 2.33 bits per heavy atom. The van der Waals surface area contributed by atoms with E-state index >= 15 is 0 Å². The van der Waals surface area contributed by atoms with Gasteiger partial charge in [-0.25, -0.2) is 9.59 Å². The average molecular weight is 296 g/mol. The number of carbonyl (C=O) groups is 2. The molecule has 1 aromatic rings. The first-order chi connectivity index (χ1) is 9.79. The molecule has 0 aliphatic rings. The van der Waals surface area contributed by atoms with Gasteiger partial charge in [-0.2, -0.15) is 0 Å². The Balaban J connectivity index is 2.63. The lowest BCUT2D eigenvalue weighted by Crippen LogP contribution is -2.43. The quantitative estimate of drug-likeness (QED) is 0.613. The molecule has 1 atom stereocenters. The molecule has 0 aliphatic carbocycles. The first-order valence-electron chi connectivity index (χ1n) is 6.25. The van der Waals surface area contributed by atoms with E-state index in [1.807, 2.05) is 13.8 Å². The Hall–Kier alpha value is -2.64. The summed E-state index contributed by atoms with van der Waals surface area (Å²) in [5, 5.41) is 21.7. The molecule has 0 saturated carbocycles. The Bertz CT molecular complexity index is 526. The number of non-ortho nitro benzene ring substituents is 1. The van der Waals surface area contributed by atoms with Gasteiger partial charge in [-0.1, -0.05) is 13.8 Å². The van der Waals surface area contributed by atoms with Crippen LogP contribution in [0, 0.1) is 16.0 Å². The van der Waals surface area contributed by atoms with Gasteiger partial charge in [0.05, 0.1) is 4.92 Å². The minimum absolute atomic E-state index is 0.0887. The highest BCUT2D eigenvalue weighted by Gasteiger charge is 2.22. The molecule has 0 fully saturated rings. The van der Waals surface area contributed by atoms with Gasteiger partial charge in [-0.15, -0.1) is 0 Å². The molecule has 114 valence electrons. The summed E-state index contributed by atoms with van der Waals surface area (Å²) in [6.45, 7) is 3.67. The summed E-state index contributed by atoms with van der Waals surface area (Å²) < 4.78 is 4.88. The van der Waals surface area contributed by atoms with Crippen LogP contribution in [0.2, 0.25) is 0 Å². The number of hydrogen-bond acceptors (Lipinski definition) is 5. The van der Waals surface area contributed by atoms with Gasteiger partial charge in [0.15, 0.2) is 0 Å². The fourth-order valence-corrected chi connectivity index (χ4v) is 1.61. The number of carbonyl (C=O) groups excluding carboxylic acids is 1. The van der Waals surface area contributed by atoms with Crippen molar-refractivity contribution in [2.45, 2.75) is 26.3 Å². The van der Waals surface area contributed by atoms with Crippen molar-refractivity contribution in [3.8, 4) is 5.75 Å². The largest absolute Gasteiger partial charge is 0.480 e. The number of nitro groups is 1. The molecular weight excluding hydrogens is 280 g/mol. The van der Waals surface area contributed by atoms with Crippen molar-refractivity contribution in [2.24, 2.45) is 5.92 Å². The van der Waals surface area contributed by atoms with Gasteiger partial charge in [0, 0.05) is 12.1 Å². The smallest absolute Gasteiger partial charge is 0.413 e. The minimum atomic E-state index is -1.15. The summed E-state index contributed by atoms with van der Waals surface area (Å²) in [5.74, 6) is -0.970. The number of nitro benzene ring substituents is 1. The molecule has 0 radical (unpaired) electrons. The number of carboxylic acid groups (broad SMARTS) is 1. The van der Waals surface area contributed by atoms with Gasteiger partial charge in [-0.3, -0.25) is 10.1 Å². The molecule has 8 nitrogen and oxygen atoms in total. The number of benzene rings is 1. The van der Waals surface area contributed by atoms with Gasteiger partial charge in [0.1, 0.15) is 11.8 Å². The van der Waals surface area contributed by atoms with Crippen molar-refractivity contribution in [3.05, 3.63) is 34.4 Å². The van der Waals surface area contributed by atoms with E-state index in [0.717, 1.165) is 0 Å². The number of aliphatic carboxylic acids is 1. The molecule has 0 saturated heterocycles. The molecule has 1 aromatic carbocycles. The summed E-state index contributed by atoms with van der Waals surface area (Å²) >= 11 is 0. The first kappa shape index (κ1) is 16.4. The summed E-state index contributed by atoms with van der Waals surface area (Å²) in [5.41, 5.74) is -0.133. The molecule has 0 spiro atoms. The van der Waals surface area contributed by atoms with Crippen molar-refractivity contribution >= 4 is 17.7 Å². The second kappa shape index (κ2) is 7.22. The number of ether oxygens (including phenoxy) is 1. The van der Waals surface area contributed by atoms with Crippen molar-refractivity contribution in [2.75, 3.05) is 0 Å². The van der Waals surface area contributed by atoms with E-state index in [0.29, 0.717) is 0 Å². The molecule has 0 heterocycles. The third-order valence-electron chi connectivity index (χ3n) is 2.56. The van der Waals surface area contributed by atoms with Crippen LogP contribution in [0.4, 0.5) is 10.5 Å². The highest BCUT2D eigenvalue weighted by molar-refractivity contribution is 5.80. The van der Waals surface area contributed by atoms with E-state index in [1.165, 1.54) is 24.3 Å². The number of nitrogens with one attached hydrogen (secondary N) is 1. The number of hydrogen-bond donors (Lipinski definition) is 2. The summed E-state index contributed by atoms with van der Waals surface area (Å²) in [4.78, 5) is 32.5. The summed E-state index contributed by atoms with van der Waals surface area (Å²) in [7, 11) is 0. The predicted octanol–water partition coefficient (Wildman–Crippen LogP) is 2.18. The average Bonchev–Trinajstić information content (AvgIpc) is 2.37. The standard InChI is InChI=1S/C13H16N2O6/c1-8(2)7-11(12(16)17)14-13(18)21-10-5-3-9(4-6-10)15(19)20/h3-6,8,11H,7H2,1-2H3,(H,14,18)(H,16,17)/t11-/m0/s1. The fourth-order valence-electron chi connectivity index (χ4n) is 1.61. The number of carboxylic acids is 1. The third kappa shape index (κ3) is 5.47. The van der Waals surface area contributed by atoms with Crippen LogP contribution in [0.5, 0.6) is 5.75 Å². The van der Waals surface area contributed by atoms with E-state index in [4.69, 9.17) is 9.84 Å². The van der Waals surface area contributed by atoms with Gasteiger partial charge in [0.25, 0.3) is 5.69 Å². The van der Waals surface area contributed by atoms with Crippen LogP contribution < -0.4 is 10.1 Å². The summed E-state index contributed by atoms with van der Waals surface area (Å²) in [6.07, 6.45) is -0.651. The normalized spacial score (nSPS) is 11.8. The Labute approximate surface area is 120 Å². The zero-order chi connectivity index (χ0) is 16.0. The first-order valence-corrected chi connectivity index (χ1v) is 6.25. The zero-order valence-corrected chi connectivity index (χ0v) is 11.6. The van der Waals surface area contributed by atoms with Crippen molar-refractivity contribution < 1.29 is 24.4 Å². The topological polar surface area (TPSA) is 119 Å². The molecule has 0 aromatic heterocycles. The lowest BCUT2D eigenvalue weighted by Gasteiger charge is -2.16. The van der Waals surface area contributed by atoms with Crippen molar-refractivity contribution in [3.63, 3.8) is 0 Å². The SMILES string of the molecule is CC(C)C[C@H](NC(=O)Oc1ccc([N+](=O)[O-])cc1)C(=O)O. The molecule has 2 N–H and O–H groups in total. The minimum Gasteiger partial charge on any atom is -0.480 e. The van der Waals surface area contributed by atoms with Gasteiger partial charge >= 0.3 is 12.1 Å². The van der Waals surface area contributed by atoms with Crippen molar-refractivity contribution in [1.29, 1.82) is 0 Å². The van der Waals surface area contributed by atoms with Crippen molar-refractivity contribution in [1.82, 2.24) is 5.32 Å². The van der Waals surface area contributed by atoms with Gasteiger partial charge < -0.3 is 15.2 Å².